The second-order valence-corrected chi connectivity index (χ2v) is 11.6. The van der Waals surface area contributed by atoms with Crippen LogP contribution in [0.4, 0.5) is 0 Å². The maximum atomic E-state index is 2.43. The zero-order valence-electron chi connectivity index (χ0n) is 23.5. The summed E-state index contributed by atoms with van der Waals surface area (Å²) in [6.07, 6.45) is 5.13. The van der Waals surface area contributed by atoms with E-state index in [4.69, 9.17) is 0 Å². The van der Waals surface area contributed by atoms with Crippen LogP contribution in [0.2, 0.25) is 0 Å². The van der Waals surface area contributed by atoms with Gasteiger partial charge in [0.1, 0.15) is 0 Å². The summed E-state index contributed by atoms with van der Waals surface area (Å²) in [5.74, 6) is 4.32. The van der Waals surface area contributed by atoms with Crippen molar-refractivity contribution in [2.45, 2.75) is 136 Å². The maximum absolute atomic E-state index is 2.43. The fourth-order valence-corrected chi connectivity index (χ4v) is 5.39. The highest BCUT2D eigenvalue weighted by Gasteiger charge is 2.19. The fourth-order valence-electron chi connectivity index (χ4n) is 5.39. The molecule has 4 atom stereocenters. The Labute approximate surface area is 261 Å². The summed E-state index contributed by atoms with van der Waals surface area (Å²) in [5, 5.41) is 0. The summed E-state index contributed by atoms with van der Waals surface area (Å²) in [6.45, 7) is 16.3. The molecule has 3 aromatic carbocycles. The lowest BCUT2D eigenvalue weighted by atomic mass is 9.80. The van der Waals surface area contributed by atoms with Gasteiger partial charge in [0.2, 0.25) is 0 Å². The predicted molar refractivity (Wildman–Crippen MR) is 197 cm³/mol. The van der Waals surface area contributed by atoms with E-state index >= 15 is 0 Å². The van der Waals surface area contributed by atoms with Crippen molar-refractivity contribution in [3.63, 3.8) is 0 Å². The summed E-state index contributed by atoms with van der Waals surface area (Å²) < 4.78 is 0. The van der Waals surface area contributed by atoms with Crippen LogP contribution in [0, 0.1) is 17.8 Å². The Morgan fingerprint density at radius 1 is 0.366 bits per heavy atom. The van der Waals surface area contributed by atoms with Crippen molar-refractivity contribution < 1.29 is 0 Å². The van der Waals surface area contributed by atoms with Crippen molar-refractivity contribution in [2.75, 3.05) is 0 Å². The molecule has 0 fully saturated rings. The molecule has 0 aliphatic rings. The van der Waals surface area contributed by atoms with E-state index in [2.05, 4.69) is 139 Å². The lowest BCUT2D eigenvalue weighted by molar-refractivity contribution is 0.376. The third kappa shape index (κ3) is 19.4. The van der Waals surface area contributed by atoms with E-state index in [9.17, 15) is 0 Å². The molecule has 238 valence electrons. The Kier molecular flexibility index (Phi) is 31.3. The molecule has 0 aliphatic carbocycles. The molecular formula is C41H74. The molecule has 0 aromatic heterocycles. The minimum Gasteiger partial charge on any atom is -0.0776 e. The van der Waals surface area contributed by atoms with Crippen LogP contribution in [0.1, 0.15) is 153 Å². The lowest BCUT2D eigenvalue weighted by Crippen LogP contribution is -2.10. The van der Waals surface area contributed by atoms with Gasteiger partial charge < -0.3 is 0 Å². The average Bonchev–Trinajstić information content (AvgIpc) is 2.85. The molecular weight excluding hydrogens is 492 g/mol. The van der Waals surface area contributed by atoms with Crippen molar-refractivity contribution in [1.82, 2.24) is 0 Å². The van der Waals surface area contributed by atoms with E-state index in [1.54, 1.807) is 0 Å². The first kappa shape index (κ1) is 48.4. The van der Waals surface area contributed by atoms with E-state index in [1.165, 1.54) is 42.4 Å². The molecule has 0 nitrogen and oxygen atoms in total. The first-order valence-electron chi connectivity index (χ1n) is 13.9. The topological polar surface area (TPSA) is 0 Å². The van der Waals surface area contributed by atoms with Gasteiger partial charge >= 0.3 is 0 Å². The Morgan fingerprint density at radius 2 is 0.683 bits per heavy atom. The monoisotopic (exact) mass is 567 g/mol. The Bertz CT molecular complexity index is 895. The molecule has 0 radical (unpaired) electrons. The van der Waals surface area contributed by atoms with Gasteiger partial charge in [-0.15, -0.1) is 0 Å². The first-order chi connectivity index (χ1) is 16.8. The molecule has 0 saturated heterocycles. The zero-order chi connectivity index (χ0) is 25.6. The normalized spacial score (nSPS) is 12.5. The van der Waals surface area contributed by atoms with Crippen molar-refractivity contribution in [2.24, 2.45) is 17.8 Å². The van der Waals surface area contributed by atoms with E-state index in [0.29, 0.717) is 17.8 Å². The number of benzene rings is 3. The molecule has 0 aliphatic heterocycles. The van der Waals surface area contributed by atoms with Gasteiger partial charge in [-0.1, -0.05) is 184 Å². The first-order valence-corrected chi connectivity index (χ1v) is 13.9. The lowest BCUT2D eigenvalue weighted by Gasteiger charge is -2.25. The van der Waals surface area contributed by atoms with Gasteiger partial charge in [0.25, 0.3) is 0 Å². The third-order valence-corrected chi connectivity index (χ3v) is 7.03. The van der Waals surface area contributed by atoms with Crippen LogP contribution in [0.15, 0.2) is 91.0 Å². The van der Waals surface area contributed by atoms with Crippen molar-refractivity contribution in [3.05, 3.63) is 108 Å². The second kappa shape index (κ2) is 26.6. The van der Waals surface area contributed by atoms with E-state index in [0.717, 1.165) is 17.8 Å². The molecule has 0 saturated carbocycles. The standard InChI is InChI=1S/C23H32.C12H18.6CH4/c1-18(2)15-23(22-13-9-6-10-14-22)17-19(3)16-20(4)21-11-7-5-8-12-21;1-10(2)9-11(3)12-7-5-4-6-8-12;;;;;;/h5-14,18-20,23H,15-17H2,1-4H3;4-8,10-11H,9H2,1-3H3;6*1H4. The summed E-state index contributed by atoms with van der Waals surface area (Å²) in [7, 11) is 0. The van der Waals surface area contributed by atoms with Gasteiger partial charge in [-0.2, -0.15) is 0 Å². The van der Waals surface area contributed by atoms with Gasteiger partial charge in [0, 0.05) is 0 Å². The van der Waals surface area contributed by atoms with Crippen LogP contribution >= 0.6 is 0 Å². The molecule has 3 aromatic rings. The highest BCUT2D eigenvalue weighted by atomic mass is 14.2. The number of rotatable bonds is 11. The Balaban J connectivity index is -0.000000210. The van der Waals surface area contributed by atoms with Gasteiger partial charge in [-0.05, 0) is 77.9 Å². The summed E-state index contributed by atoms with van der Waals surface area (Å²) in [4.78, 5) is 0. The van der Waals surface area contributed by atoms with Crippen LogP contribution < -0.4 is 0 Å². The second-order valence-electron chi connectivity index (χ2n) is 11.6. The SMILES string of the molecule is C.C.C.C.C.C.CC(C)CC(C)c1ccccc1.CC(C)CC(CC(C)CC(C)c1ccccc1)c1ccccc1. The molecule has 0 spiro atoms. The quantitative estimate of drug-likeness (QED) is 0.216. The van der Waals surface area contributed by atoms with Crippen LogP contribution in [0.25, 0.3) is 0 Å². The summed E-state index contributed by atoms with van der Waals surface area (Å²) in [5.41, 5.74) is 4.45. The minimum absolute atomic E-state index is 0. The molecule has 0 amide bonds. The van der Waals surface area contributed by atoms with Crippen molar-refractivity contribution >= 4 is 0 Å². The highest BCUT2D eigenvalue weighted by Crippen LogP contribution is 2.34. The van der Waals surface area contributed by atoms with Crippen LogP contribution in [-0.2, 0) is 0 Å². The third-order valence-electron chi connectivity index (χ3n) is 7.03. The van der Waals surface area contributed by atoms with E-state index in [-0.39, 0.29) is 44.6 Å². The van der Waals surface area contributed by atoms with Gasteiger partial charge in [-0.25, -0.2) is 0 Å². The van der Waals surface area contributed by atoms with Gasteiger partial charge in [-0.3, -0.25) is 0 Å². The zero-order valence-corrected chi connectivity index (χ0v) is 23.5. The Hall–Kier alpha value is -2.34. The molecule has 3 rings (SSSR count). The summed E-state index contributed by atoms with van der Waals surface area (Å²) in [6, 6.07) is 32.8. The molecule has 0 heterocycles. The largest absolute Gasteiger partial charge is 0.0776 e. The van der Waals surface area contributed by atoms with E-state index in [1.807, 2.05) is 0 Å². The molecule has 0 heteroatoms. The fraction of sp³-hybridized carbons (Fsp3) is 0.561. The van der Waals surface area contributed by atoms with Gasteiger partial charge in [0.05, 0.1) is 0 Å². The van der Waals surface area contributed by atoms with Crippen LogP contribution in [-0.4, -0.2) is 0 Å². The predicted octanol–water partition coefficient (Wildman–Crippen LogP) is 14.7. The van der Waals surface area contributed by atoms with Crippen LogP contribution in [0.3, 0.4) is 0 Å². The molecule has 0 bridgehead atoms. The van der Waals surface area contributed by atoms with Crippen LogP contribution in [0.5, 0.6) is 0 Å². The Morgan fingerprint density at radius 3 is 1.02 bits per heavy atom. The minimum atomic E-state index is 0. The average molecular weight is 567 g/mol. The van der Waals surface area contributed by atoms with E-state index < -0.39 is 0 Å². The van der Waals surface area contributed by atoms with Crippen molar-refractivity contribution in [3.8, 4) is 0 Å². The van der Waals surface area contributed by atoms with Gasteiger partial charge in [0.15, 0.2) is 0 Å². The number of hydrogen-bond acceptors (Lipinski definition) is 0. The smallest absolute Gasteiger partial charge is 0.0157 e. The summed E-state index contributed by atoms with van der Waals surface area (Å²) >= 11 is 0. The highest BCUT2D eigenvalue weighted by molar-refractivity contribution is 5.21. The molecule has 41 heavy (non-hydrogen) atoms. The molecule has 4 unspecified atom stereocenters. The number of hydrogen-bond donors (Lipinski definition) is 0. The maximum Gasteiger partial charge on any atom is -0.0157 e. The molecule has 0 N–H and O–H groups in total. The van der Waals surface area contributed by atoms with Crippen molar-refractivity contribution in [1.29, 1.82) is 0 Å².